The Labute approximate surface area is 241 Å². The summed E-state index contributed by atoms with van der Waals surface area (Å²) in [7, 11) is 0. The summed E-state index contributed by atoms with van der Waals surface area (Å²) in [5.41, 5.74) is 4.09. The molecule has 5 rings (SSSR count). The zero-order valence-electron chi connectivity index (χ0n) is 24.7. The predicted octanol–water partition coefficient (Wildman–Crippen LogP) is 6.27. The van der Waals surface area contributed by atoms with E-state index < -0.39 is 11.6 Å². The van der Waals surface area contributed by atoms with Crippen molar-refractivity contribution in [2.24, 2.45) is 0 Å². The Morgan fingerprint density at radius 2 is 1.56 bits per heavy atom. The summed E-state index contributed by atoms with van der Waals surface area (Å²) in [5, 5.41) is 14.2. The molecule has 41 heavy (non-hydrogen) atoms. The van der Waals surface area contributed by atoms with Gasteiger partial charge in [0, 0.05) is 36.7 Å². The lowest BCUT2D eigenvalue weighted by Crippen LogP contribution is -2.58. The molecule has 1 aliphatic rings. The lowest BCUT2D eigenvalue weighted by atomic mass is 9.86. The summed E-state index contributed by atoms with van der Waals surface area (Å²) in [5.74, 6) is -0.511. The van der Waals surface area contributed by atoms with Gasteiger partial charge in [-0.15, -0.1) is 0 Å². The van der Waals surface area contributed by atoms with E-state index >= 15 is 0 Å². The van der Waals surface area contributed by atoms with Gasteiger partial charge in [-0.2, -0.15) is 0 Å². The van der Waals surface area contributed by atoms with Crippen LogP contribution < -0.4 is 10.1 Å². The Balaban J connectivity index is 1.42. The van der Waals surface area contributed by atoms with Crippen molar-refractivity contribution in [3.63, 3.8) is 0 Å². The van der Waals surface area contributed by atoms with E-state index in [1.165, 1.54) is 5.56 Å². The molecule has 7 nitrogen and oxygen atoms in total. The molecular weight excluding hydrogens is 514 g/mol. The van der Waals surface area contributed by atoms with Crippen molar-refractivity contribution in [3.8, 4) is 22.6 Å². The number of rotatable bonds is 6. The van der Waals surface area contributed by atoms with Crippen molar-refractivity contribution in [3.05, 3.63) is 84.1 Å². The number of amides is 1. The van der Waals surface area contributed by atoms with Crippen LogP contribution in [0.5, 0.6) is 5.75 Å². The second-order valence-corrected chi connectivity index (χ2v) is 12.4. The number of piperazine rings is 1. The van der Waals surface area contributed by atoms with E-state index in [1.807, 2.05) is 42.2 Å². The van der Waals surface area contributed by atoms with Crippen molar-refractivity contribution in [2.45, 2.75) is 58.6 Å². The summed E-state index contributed by atoms with van der Waals surface area (Å²) >= 11 is 0. The quantitative estimate of drug-likeness (QED) is 0.294. The second-order valence-electron chi connectivity index (χ2n) is 12.4. The van der Waals surface area contributed by atoms with Crippen LogP contribution in [-0.4, -0.2) is 57.7 Å². The van der Waals surface area contributed by atoms with Gasteiger partial charge in [-0.05, 0) is 85.3 Å². The van der Waals surface area contributed by atoms with Crippen LogP contribution in [0.3, 0.4) is 0 Å². The molecule has 3 aromatic carbocycles. The Kier molecular flexibility index (Phi) is 7.43. The Hall–Kier alpha value is -4.10. The van der Waals surface area contributed by atoms with Crippen molar-refractivity contribution in [1.29, 1.82) is 0 Å². The van der Waals surface area contributed by atoms with Gasteiger partial charge in [0.1, 0.15) is 11.4 Å². The summed E-state index contributed by atoms with van der Waals surface area (Å²) in [4.78, 5) is 27.4. The van der Waals surface area contributed by atoms with E-state index in [0.29, 0.717) is 18.0 Å². The highest BCUT2D eigenvalue weighted by atomic mass is 16.5. The standard InChI is InChI=1S/C34H39N3O4/c1-22-21-35-17-18-36(22)32(40)34(5,6)41-28-14-12-27(13-15-28)37-29-16-9-24(19-25(29)20-30(37)31(38)39)23-7-10-26(11-8-23)33(2,3)4/h7-16,19-20,22,35H,17-18,21H2,1-6H3,(H,38,39). The molecule has 0 spiro atoms. The fraction of sp³-hybridized carbons (Fsp3) is 0.353. The van der Waals surface area contributed by atoms with Crippen LogP contribution in [0.15, 0.2) is 72.8 Å². The third-order valence-electron chi connectivity index (χ3n) is 7.85. The molecule has 0 bridgehead atoms. The molecule has 1 aliphatic heterocycles. The highest BCUT2D eigenvalue weighted by Crippen LogP contribution is 2.32. The smallest absolute Gasteiger partial charge is 0.352 e. The first kappa shape index (κ1) is 28.4. The molecule has 1 fully saturated rings. The fourth-order valence-corrected chi connectivity index (χ4v) is 5.48. The van der Waals surface area contributed by atoms with Gasteiger partial charge < -0.3 is 24.6 Å². The van der Waals surface area contributed by atoms with Gasteiger partial charge >= 0.3 is 5.97 Å². The van der Waals surface area contributed by atoms with Gasteiger partial charge in [0.25, 0.3) is 5.91 Å². The number of ether oxygens (including phenoxy) is 1. The van der Waals surface area contributed by atoms with Gasteiger partial charge in [0.15, 0.2) is 5.60 Å². The zero-order chi connectivity index (χ0) is 29.5. The second kappa shape index (κ2) is 10.7. The molecule has 214 valence electrons. The summed E-state index contributed by atoms with van der Waals surface area (Å²) < 4.78 is 7.90. The van der Waals surface area contributed by atoms with Crippen molar-refractivity contribution in [2.75, 3.05) is 19.6 Å². The van der Waals surface area contributed by atoms with E-state index in [1.54, 1.807) is 36.6 Å². The van der Waals surface area contributed by atoms with Gasteiger partial charge in [-0.1, -0.05) is 51.1 Å². The van der Waals surface area contributed by atoms with Crippen LogP contribution >= 0.6 is 0 Å². The molecule has 0 radical (unpaired) electrons. The number of hydrogen-bond donors (Lipinski definition) is 2. The summed E-state index contributed by atoms with van der Waals surface area (Å²) in [6.07, 6.45) is 0. The molecule has 1 aromatic heterocycles. The maximum atomic E-state index is 13.2. The molecule has 1 saturated heterocycles. The van der Waals surface area contributed by atoms with E-state index in [4.69, 9.17) is 4.74 Å². The highest BCUT2D eigenvalue weighted by molar-refractivity contribution is 5.97. The topological polar surface area (TPSA) is 83.8 Å². The molecule has 4 aromatic rings. The van der Waals surface area contributed by atoms with Crippen LogP contribution in [0, 0.1) is 0 Å². The number of aromatic nitrogens is 1. The number of nitrogens with zero attached hydrogens (tertiary/aromatic N) is 2. The maximum absolute atomic E-state index is 13.2. The molecule has 7 heteroatoms. The fourth-order valence-electron chi connectivity index (χ4n) is 5.48. The number of hydrogen-bond acceptors (Lipinski definition) is 4. The minimum atomic E-state index is -1.04. The SMILES string of the molecule is CC1CNCCN1C(=O)C(C)(C)Oc1ccc(-n2c(C(=O)O)cc3cc(-c4ccc(C(C)(C)C)cc4)ccc32)cc1. The van der Waals surface area contributed by atoms with Crippen LogP contribution in [0.25, 0.3) is 27.7 Å². The molecular formula is C34H39N3O4. The normalized spacial score (nSPS) is 16.1. The third-order valence-corrected chi connectivity index (χ3v) is 7.85. The third kappa shape index (κ3) is 5.72. The molecule has 2 heterocycles. The van der Waals surface area contributed by atoms with Crippen molar-refractivity contribution < 1.29 is 19.4 Å². The Morgan fingerprint density at radius 3 is 2.17 bits per heavy atom. The van der Waals surface area contributed by atoms with Crippen molar-refractivity contribution >= 4 is 22.8 Å². The highest BCUT2D eigenvalue weighted by Gasteiger charge is 2.37. The molecule has 1 unspecified atom stereocenters. The number of nitrogens with one attached hydrogen (secondary N) is 1. The number of benzene rings is 3. The number of aromatic carboxylic acids is 1. The van der Waals surface area contributed by atoms with Crippen molar-refractivity contribution in [1.82, 2.24) is 14.8 Å². The largest absolute Gasteiger partial charge is 0.478 e. The number of carboxylic acids is 1. The van der Waals surface area contributed by atoms with Gasteiger partial charge in [0.2, 0.25) is 0 Å². The minimum absolute atomic E-state index is 0.0519. The number of fused-ring (bicyclic) bond motifs is 1. The first-order valence-corrected chi connectivity index (χ1v) is 14.2. The maximum Gasteiger partial charge on any atom is 0.352 e. The molecule has 1 amide bonds. The predicted molar refractivity (Wildman–Crippen MR) is 163 cm³/mol. The number of carbonyl (C=O) groups excluding carboxylic acids is 1. The van der Waals surface area contributed by atoms with Crippen LogP contribution in [0.4, 0.5) is 0 Å². The van der Waals surface area contributed by atoms with Crippen LogP contribution in [0.1, 0.15) is 57.6 Å². The summed E-state index contributed by atoms with van der Waals surface area (Å²) in [6, 6.07) is 23.6. The lowest BCUT2D eigenvalue weighted by molar-refractivity contribution is -0.148. The monoisotopic (exact) mass is 553 g/mol. The molecule has 1 atom stereocenters. The molecule has 0 aliphatic carbocycles. The molecule has 2 N–H and O–H groups in total. The van der Waals surface area contributed by atoms with E-state index in [9.17, 15) is 14.7 Å². The van der Waals surface area contributed by atoms with Crippen LogP contribution in [0.2, 0.25) is 0 Å². The minimum Gasteiger partial charge on any atom is -0.478 e. The first-order chi connectivity index (χ1) is 19.3. The van der Waals surface area contributed by atoms with Gasteiger partial charge in [-0.3, -0.25) is 4.79 Å². The average Bonchev–Trinajstić information content (AvgIpc) is 3.32. The summed E-state index contributed by atoms with van der Waals surface area (Å²) in [6.45, 7) is 14.4. The first-order valence-electron chi connectivity index (χ1n) is 14.2. The lowest BCUT2D eigenvalue weighted by Gasteiger charge is -2.39. The van der Waals surface area contributed by atoms with Crippen LogP contribution in [-0.2, 0) is 10.2 Å². The van der Waals surface area contributed by atoms with E-state index in [0.717, 1.165) is 35.1 Å². The van der Waals surface area contributed by atoms with Gasteiger partial charge in [0.05, 0.1) is 5.52 Å². The number of carbonyl (C=O) groups is 2. The Morgan fingerprint density at radius 1 is 0.902 bits per heavy atom. The number of carboxylic acid groups (broad SMARTS) is 1. The molecule has 0 saturated carbocycles. The average molecular weight is 554 g/mol. The zero-order valence-corrected chi connectivity index (χ0v) is 24.7. The van der Waals surface area contributed by atoms with E-state index in [2.05, 4.69) is 50.4 Å². The Bertz CT molecular complexity index is 1580. The van der Waals surface area contributed by atoms with E-state index in [-0.39, 0.29) is 23.1 Å². The van der Waals surface area contributed by atoms with Gasteiger partial charge in [-0.25, -0.2) is 4.79 Å².